The number of benzene rings is 1. The van der Waals surface area contributed by atoms with E-state index in [1.165, 1.54) is 31.2 Å². The predicted molar refractivity (Wildman–Crippen MR) is 82.6 cm³/mol. The van der Waals surface area contributed by atoms with E-state index < -0.39 is 0 Å². The highest BCUT2D eigenvalue weighted by Gasteiger charge is 2.13. The highest BCUT2D eigenvalue weighted by atomic mass is 16.5. The fourth-order valence-electron chi connectivity index (χ4n) is 2.68. The van der Waals surface area contributed by atoms with E-state index in [1.54, 1.807) is 7.11 Å². The molecule has 1 saturated carbocycles. The molecule has 0 atom stereocenters. The third kappa shape index (κ3) is 4.27. The first-order valence-corrected chi connectivity index (χ1v) is 7.47. The van der Waals surface area contributed by atoms with E-state index >= 15 is 0 Å². The summed E-state index contributed by atoms with van der Waals surface area (Å²) >= 11 is 0. The highest BCUT2D eigenvalue weighted by molar-refractivity contribution is 5.43. The Balaban J connectivity index is 1.80. The van der Waals surface area contributed by atoms with Crippen molar-refractivity contribution < 1.29 is 9.47 Å². The smallest absolute Gasteiger partial charge is 0.161 e. The first-order chi connectivity index (χ1) is 9.83. The van der Waals surface area contributed by atoms with Crippen molar-refractivity contribution in [2.45, 2.75) is 38.1 Å². The second-order valence-corrected chi connectivity index (χ2v) is 5.26. The number of ether oxygens (including phenoxy) is 2. The minimum Gasteiger partial charge on any atom is -0.493 e. The lowest BCUT2D eigenvalue weighted by molar-refractivity contribution is 0.286. The van der Waals surface area contributed by atoms with E-state index in [1.807, 2.05) is 18.2 Å². The van der Waals surface area contributed by atoms with Crippen molar-refractivity contribution >= 4 is 0 Å². The highest BCUT2D eigenvalue weighted by Crippen LogP contribution is 2.28. The van der Waals surface area contributed by atoms with Crippen LogP contribution in [0.3, 0.4) is 0 Å². The Bertz CT molecular complexity index is 425. The van der Waals surface area contributed by atoms with Crippen molar-refractivity contribution in [1.29, 1.82) is 0 Å². The van der Waals surface area contributed by atoms with Gasteiger partial charge in [-0.1, -0.05) is 25.0 Å². The van der Waals surface area contributed by atoms with Gasteiger partial charge in [0, 0.05) is 12.6 Å². The zero-order valence-electron chi connectivity index (χ0n) is 12.4. The van der Waals surface area contributed by atoms with Gasteiger partial charge in [0.2, 0.25) is 0 Å². The Morgan fingerprint density at radius 2 is 2.10 bits per heavy atom. The summed E-state index contributed by atoms with van der Waals surface area (Å²) in [6.07, 6.45) is 8.06. The Hall–Kier alpha value is -1.48. The number of methoxy groups -OCH3 is 1. The molecule has 0 spiro atoms. The van der Waals surface area contributed by atoms with Crippen LogP contribution in [0.25, 0.3) is 0 Å². The predicted octanol–water partition coefficient (Wildman–Crippen LogP) is 3.33. The second kappa shape index (κ2) is 7.95. The van der Waals surface area contributed by atoms with Crippen molar-refractivity contribution in [3.63, 3.8) is 0 Å². The van der Waals surface area contributed by atoms with Crippen LogP contribution in [-0.2, 0) is 6.42 Å². The van der Waals surface area contributed by atoms with Gasteiger partial charge in [-0.15, -0.1) is 6.58 Å². The number of hydrogen-bond donors (Lipinski definition) is 1. The van der Waals surface area contributed by atoms with Crippen molar-refractivity contribution in [3.8, 4) is 11.5 Å². The summed E-state index contributed by atoms with van der Waals surface area (Å²) in [5, 5.41) is 3.54. The molecule has 1 aliphatic rings. The van der Waals surface area contributed by atoms with E-state index in [-0.39, 0.29) is 0 Å². The molecule has 0 bridgehead atoms. The van der Waals surface area contributed by atoms with Crippen LogP contribution in [0.5, 0.6) is 11.5 Å². The van der Waals surface area contributed by atoms with E-state index in [0.717, 1.165) is 24.5 Å². The molecule has 0 saturated heterocycles. The Morgan fingerprint density at radius 1 is 1.30 bits per heavy atom. The molecule has 3 heteroatoms. The van der Waals surface area contributed by atoms with Gasteiger partial charge in [-0.05, 0) is 37.0 Å². The van der Waals surface area contributed by atoms with E-state index in [4.69, 9.17) is 9.47 Å². The first kappa shape index (κ1) is 14.9. The molecule has 20 heavy (non-hydrogen) atoms. The van der Waals surface area contributed by atoms with Crippen molar-refractivity contribution in [3.05, 3.63) is 36.4 Å². The van der Waals surface area contributed by atoms with Gasteiger partial charge in [0.05, 0.1) is 7.11 Å². The second-order valence-electron chi connectivity index (χ2n) is 5.26. The van der Waals surface area contributed by atoms with Crippen LogP contribution in [0.15, 0.2) is 30.9 Å². The lowest BCUT2D eigenvalue weighted by Crippen LogP contribution is -2.30. The quantitative estimate of drug-likeness (QED) is 0.583. The third-order valence-corrected chi connectivity index (χ3v) is 3.76. The Labute approximate surface area is 122 Å². The maximum absolute atomic E-state index is 5.81. The van der Waals surface area contributed by atoms with E-state index in [9.17, 15) is 0 Å². The fourth-order valence-corrected chi connectivity index (χ4v) is 2.68. The monoisotopic (exact) mass is 275 g/mol. The van der Waals surface area contributed by atoms with Crippen LogP contribution in [0.1, 0.15) is 31.2 Å². The SMILES string of the molecule is C=CCc1ccc(OCCNC2CCCC2)c(OC)c1. The summed E-state index contributed by atoms with van der Waals surface area (Å²) in [5.74, 6) is 1.61. The van der Waals surface area contributed by atoms with Crippen molar-refractivity contribution in [2.75, 3.05) is 20.3 Å². The van der Waals surface area contributed by atoms with Crippen LogP contribution in [0.4, 0.5) is 0 Å². The van der Waals surface area contributed by atoms with Gasteiger partial charge in [-0.3, -0.25) is 0 Å². The van der Waals surface area contributed by atoms with Gasteiger partial charge in [0.15, 0.2) is 11.5 Å². The molecule has 2 rings (SSSR count). The molecule has 1 aromatic carbocycles. The molecule has 0 unspecified atom stereocenters. The minimum absolute atomic E-state index is 0.674. The van der Waals surface area contributed by atoms with Crippen LogP contribution >= 0.6 is 0 Å². The standard InChI is InChI=1S/C17H25NO2/c1-3-6-14-9-10-16(17(13-14)19-2)20-12-11-18-15-7-4-5-8-15/h3,9-10,13,15,18H,1,4-8,11-12H2,2H3. The van der Waals surface area contributed by atoms with Crippen LogP contribution in [-0.4, -0.2) is 26.3 Å². The van der Waals surface area contributed by atoms with Gasteiger partial charge in [-0.2, -0.15) is 0 Å². The van der Waals surface area contributed by atoms with Crippen LogP contribution < -0.4 is 14.8 Å². The maximum Gasteiger partial charge on any atom is 0.161 e. The van der Waals surface area contributed by atoms with E-state index in [2.05, 4.69) is 18.0 Å². The third-order valence-electron chi connectivity index (χ3n) is 3.76. The number of rotatable bonds is 8. The summed E-state index contributed by atoms with van der Waals surface area (Å²) < 4.78 is 11.2. The zero-order valence-corrected chi connectivity index (χ0v) is 12.4. The summed E-state index contributed by atoms with van der Waals surface area (Å²) in [6, 6.07) is 6.74. The minimum atomic E-state index is 0.674. The Morgan fingerprint density at radius 3 is 2.80 bits per heavy atom. The van der Waals surface area contributed by atoms with Gasteiger partial charge >= 0.3 is 0 Å². The zero-order chi connectivity index (χ0) is 14.2. The molecule has 0 heterocycles. The summed E-state index contributed by atoms with van der Waals surface area (Å²) in [6.45, 7) is 5.32. The molecule has 0 amide bonds. The normalized spacial score (nSPS) is 15.2. The number of nitrogens with one attached hydrogen (secondary N) is 1. The summed E-state index contributed by atoms with van der Waals surface area (Å²) in [5.41, 5.74) is 1.19. The van der Waals surface area contributed by atoms with Gasteiger partial charge in [0.1, 0.15) is 6.61 Å². The topological polar surface area (TPSA) is 30.5 Å². The van der Waals surface area contributed by atoms with Crippen molar-refractivity contribution in [2.24, 2.45) is 0 Å². The maximum atomic E-state index is 5.81. The molecule has 0 radical (unpaired) electrons. The lowest BCUT2D eigenvalue weighted by atomic mass is 10.1. The van der Waals surface area contributed by atoms with Gasteiger partial charge in [0.25, 0.3) is 0 Å². The van der Waals surface area contributed by atoms with Gasteiger partial charge in [-0.25, -0.2) is 0 Å². The number of allylic oxidation sites excluding steroid dienone is 1. The molecule has 110 valence electrons. The van der Waals surface area contributed by atoms with Crippen molar-refractivity contribution in [1.82, 2.24) is 5.32 Å². The fraction of sp³-hybridized carbons (Fsp3) is 0.529. The van der Waals surface area contributed by atoms with E-state index in [0.29, 0.717) is 12.6 Å². The molecule has 1 fully saturated rings. The summed E-state index contributed by atoms with van der Waals surface area (Å²) in [7, 11) is 1.68. The van der Waals surface area contributed by atoms with Gasteiger partial charge < -0.3 is 14.8 Å². The van der Waals surface area contributed by atoms with Crippen LogP contribution in [0, 0.1) is 0 Å². The molecular formula is C17H25NO2. The molecular weight excluding hydrogens is 250 g/mol. The van der Waals surface area contributed by atoms with Crippen LogP contribution in [0.2, 0.25) is 0 Å². The number of hydrogen-bond acceptors (Lipinski definition) is 3. The first-order valence-electron chi connectivity index (χ1n) is 7.47. The summed E-state index contributed by atoms with van der Waals surface area (Å²) in [4.78, 5) is 0. The lowest BCUT2D eigenvalue weighted by Gasteiger charge is -2.14. The molecule has 3 nitrogen and oxygen atoms in total. The molecule has 1 N–H and O–H groups in total. The Kier molecular flexibility index (Phi) is 5.93. The molecule has 1 aliphatic carbocycles. The largest absolute Gasteiger partial charge is 0.493 e. The molecule has 0 aliphatic heterocycles. The average Bonchev–Trinajstić information content (AvgIpc) is 2.98. The molecule has 0 aromatic heterocycles. The molecule has 1 aromatic rings. The average molecular weight is 275 g/mol.